The molecule has 1 amide bonds. The Kier molecular flexibility index (Phi) is 4.75. The molecule has 136 valence electrons. The quantitative estimate of drug-likeness (QED) is 0.594. The number of nitrogens with one attached hydrogen (secondary N) is 2. The van der Waals surface area contributed by atoms with Crippen LogP contribution in [0.15, 0.2) is 47.4 Å². The number of carbonyl (C=O) groups is 1. The van der Waals surface area contributed by atoms with Crippen LogP contribution in [0.4, 0.5) is 11.4 Å². The molecule has 0 aliphatic heterocycles. The van der Waals surface area contributed by atoms with Gasteiger partial charge in [0, 0.05) is 28.9 Å². The summed E-state index contributed by atoms with van der Waals surface area (Å²) in [5, 5.41) is 13.6. The molecule has 0 aromatic heterocycles. The van der Waals surface area contributed by atoms with E-state index in [1.54, 1.807) is 13.0 Å². The Balaban J connectivity index is 1.81. The predicted molar refractivity (Wildman–Crippen MR) is 95.6 cm³/mol. The number of carbonyl (C=O) groups excluding carboxylic acids is 1. The Morgan fingerprint density at radius 3 is 2.58 bits per heavy atom. The number of amides is 1. The predicted octanol–water partition coefficient (Wildman–Crippen LogP) is 2.60. The molecule has 0 saturated heterocycles. The second kappa shape index (κ2) is 6.85. The molecule has 26 heavy (non-hydrogen) atoms. The van der Waals surface area contributed by atoms with E-state index in [9.17, 15) is 23.3 Å². The third kappa shape index (κ3) is 4.06. The molecule has 0 radical (unpaired) electrons. The Morgan fingerprint density at radius 2 is 1.92 bits per heavy atom. The van der Waals surface area contributed by atoms with E-state index in [-0.39, 0.29) is 27.9 Å². The van der Waals surface area contributed by atoms with E-state index in [1.807, 2.05) is 0 Å². The molecule has 1 fully saturated rings. The van der Waals surface area contributed by atoms with Gasteiger partial charge in [-0.15, -0.1) is 0 Å². The average molecular weight is 375 g/mol. The number of nitrogens with zero attached hydrogens (tertiary/aromatic N) is 1. The summed E-state index contributed by atoms with van der Waals surface area (Å²) in [6, 6.07) is 10.0. The van der Waals surface area contributed by atoms with Crippen molar-refractivity contribution in [2.24, 2.45) is 0 Å². The van der Waals surface area contributed by atoms with Crippen LogP contribution in [-0.2, 0) is 10.0 Å². The summed E-state index contributed by atoms with van der Waals surface area (Å²) in [5.74, 6) is -0.558. The number of nitro groups is 1. The molecule has 0 bridgehead atoms. The standard InChI is InChI=1S/C17H17N3O5S/c1-11-5-6-12(9-16(11)20(22)23)17(21)18-14-3-2-4-15(10-14)26(24,25)19-13-7-8-13/h2-6,9-10,13,19H,7-8H2,1H3,(H,18,21). The van der Waals surface area contributed by atoms with Gasteiger partial charge in [-0.1, -0.05) is 12.1 Å². The van der Waals surface area contributed by atoms with E-state index < -0.39 is 20.9 Å². The monoisotopic (exact) mass is 375 g/mol. The van der Waals surface area contributed by atoms with Crippen LogP contribution < -0.4 is 10.0 Å². The van der Waals surface area contributed by atoms with Crippen LogP contribution in [0.2, 0.25) is 0 Å². The Labute approximate surface area is 150 Å². The van der Waals surface area contributed by atoms with Crippen molar-refractivity contribution in [3.63, 3.8) is 0 Å². The molecule has 1 saturated carbocycles. The second-order valence-corrected chi connectivity index (χ2v) is 7.85. The highest BCUT2D eigenvalue weighted by molar-refractivity contribution is 7.89. The van der Waals surface area contributed by atoms with Gasteiger partial charge in [0.25, 0.3) is 11.6 Å². The van der Waals surface area contributed by atoms with Crippen molar-refractivity contribution in [1.82, 2.24) is 4.72 Å². The molecule has 0 atom stereocenters. The zero-order valence-electron chi connectivity index (χ0n) is 13.9. The largest absolute Gasteiger partial charge is 0.322 e. The minimum Gasteiger partial charge on any atom is -0.322 e. The summed E-state index contributed by atoms with van der Waals surface area (Å²) in [5.41, 5.74) is 0.706. The fourth-order valence-electron chi connectivity index (χ4n) is 2.38. The maximum atomic E-state index is 12.4. The molecule has 1 aliphatic carbocycles. The molecule has 2 N–H and O–H groups in total. The summed E-state index contributed by atoms with van der Waals surface area (Å²) in [6.45, 7) is 1.58. The van der Waals surface area contributed by atoms with Gasteiger partial charge in [0.2, 0.25) is 10.0 Å². The number of nitro benzene ring substituents is 1. The van der Waals surface area contributed by atoms with E-state index in [0.717, 1.165) is 12.8 Å². The lowest BCUT2D eigenvalue weighted by atomic mass is 10.1. The molecular formula is C17H17N3O5S. The van der Waals surface area contributed by atoms with Gasteiger partial charge in [0.15, 0.2) is 0 Å². The van der Waals surface area contributed by atoms with Gasteiger partial charge in [0.1, 0.15) is 0 Å². The van der Waals surface area contributed by atoms with Crippen LogP contribution in [0, 0.1) is 17.0 Å². The first-order valence-electron chi connectivity index (χ1n) is 7.95. The van der Waals surface area contributed by atoms with Crippen molar-refractivity contribution in [2.75, 3.05) is 5.32 Å². The van der Waals surface area contributed by atoms with Crippen molar-refractivity contribution in [3.05, 3.63) is 63.7 Å². The van der Waals surface area contributed by atoms with Crippen LogP contribution in [-0.4, -0.2) is 25.3 Å². The maximum Gasteiger partial charge on any atom is 0.273 e. The minimum atomic E-state index is -3.63. The van der Waals surface area contributed by atoms with E-state index in [0.29, 0.717) is 5.56 Å². The number of benzene rings is 2. The lowest BCUT2D eigenvalue weighted by Gasteiger charge is -2.09. The highest BCUT2D eigenvalue weighted by atomic mass is 32.2. The topological polar surface area (TPSA) is 118 Å². The normalized spacial score (nSPS) is 14.0. The molecule has 1 aliphatic rings. The summed E-state index contributed by atoms with van der Waals surface area (Å²) < 4.78 is 27.1. The number of sulfonamides is 1. The molecule has 9 heteroatoms. The molecule has 8 nitrogen and oxygen atoms in total. The lowest BCUT2D eigenvalue weighted by molar-refractivity contribution is -0.385. The smallest absolute Gasteiger partial charge is 0.273 e. The number of hydrogen-bond acceptors (Lipinski definition) is 5. The summed E-state index contributed by atoms with van der Waals surface area (Å²) >= 11 is 0. The van der Waals surface area contributed by atoms with Crippen LogP contribution >= 0.6 is 0 Å². The molecule has 2 aromatic rings. The van der Waals surface area contributed by atoms with Crippen molar-refractivity contribution >= 4 is 27.3 Å². The fourth-order valence-corrected chi connectivity index (χ4v) is 3.73. The first-order valence-corrected chi connectivity index (χ1v) is 9.43. The van der Waals surface area contributed by atoms with Crippen LogP contribution in [0.1, 0.15) is 28.8 Å². The SMILES string of the molecule is Cc1ccc(C(=O)Nc2cccc(S(=O)(=O)NC3CC3)c2)cc1[N+](=O)[O-]. The van der Waals surface area contributed by atoms with E-state index >= 15 is 0 Å². The van der Waals surface area contributed by atoms with E-state index in [2.05, 4.69) is 10.0 Å². The van der Waals surface area contributed by atoms with Gasteiger partial charge in [-0.05, 0) is 44.0 Å². The molecule has 2 aromatic carbocycles. The van der Waals surface area contributed by atoms with Crippen LogP contribution in [0.25, 0.3) is 0 Å². The van der Waals surface area contributed by atoms with E-state index in [4.69, 9.17) is 0 Å². The van der Waals surface area contributed by atoms with Crippen LogP contribution in [0.5, 0.6) is 0 Å². The number of aryl methyl sites for hydroxylation is 1. The van der Waals surface area contributed by atoms with Gasteiger partial charge in [0.05, 0.1) is 9.82 Å². The van der Waals surface area contributed by atoms with E-state index in [1.165, 1.54) is 36.4 Å². The minimum absolute atomic E-state index is 0.0219. The van der Waals surface area contributed by atoms with Gasteiger partial charge in [-0.3, -0.25) is 14.9 Å². The first-order chi connectivity index (χ1) is 12.3. The lowest BCUT2D eigenvalue weighted by Crippen LogP contribution is -2.25. The highest BCUT2D eigenvalue weighted by Crippen LogP contribution is 2.24. The van der Waals surface area contributed by atoms with Crippen molar-refractivity contribution < 1.29 is 18.1 Å². The molecule has 3 rings (SSSR count). The Hall–Kier alpha value is -2.78. The van der Waals surface area contributed by atoms with Crippen molar-refractivity contribution in [3.8, 4) is 0 Å². The number of anilines is 1. The molecule has 0 heterocycles. The highest BCUT2D eigenvalue weighted by Gasteiger charge is 2.28. The third-order valence-electron chi connectivity index (χ3n) is 3.97. The third-order valence-corrected chi connectivity index (χ3v) is 5.49. The Morgan fingerprint density at radius 1 is 1.19 bits per heavy atom. The van der Waals surface area contributed by atoms with Gasteiger partial charge in [-0.2, -0.15) is 0 Å². The molecule has 0 unspecified atom stereocenters. The maximum absolute atomic E-state index is 12.4. The van der Waals surface area contributed by atoms with Gasteiger partial charge in [-0.25, -0.2) is 13.1 Å². The van der Waals surface area contributed by atoms with Crippen LogP contribution in [0.3, 0.4) is 0 Å². The summed E-state index contributed by atoms with van der Waals surface area (Å²) in [7, 11) is -3.63. The van der Waals surface area contributed by atoms with Crippen molar-refractivity contribution in [2.45, 2.75) is 30.7 Å². The summed E-state index contributed by atoms with van der Waals surface area (Å²) in [4.78, 5) is 22.9. The Bertz CT molecular complexity index is 984. The second-order valence-electron chi connectivity index (χ2n) is 6.14. The van der Waals surface area contributed by atoms with Gasteiger partial charge < -0.3 is 5.32 Å². The number of hydrogen-bond donors (Lipinski definition) is 2. The zero-order chi connectivity index (χ0) is 18.9. The van der Waals surface area contributed by atoms with Gasteiger partial charge >= 0.3 is 0 Å². The molecular weight excluding hydrogens is 358 g/mol. The summed E-state index contributed by atoms with van der Waals surface area (Å²) in [6.07, 6.45) is 1.64. The zero-order valence-corrected chi connectivity index (χ0v) is 14.7. The number of rotatable bonds is 6. The fraction of sp³-hybridized carbons (Fsp3) is 0.235. The molecule has 0 spiro atoms. The average Bonchev–Trinajstić information content (AvgIpc) is 3.38. The first kappa shape index (κ1) is 18.0. The van der Waals surface area contributed by atoms with Crippen molar-refractivity contribution in [1.29, 1.82) is 0 Å².